The van der Waals surface area contributed by atoms with E-state index in [0.29, 0.717) is 18.4 Å². The Balaban J connectivity index is 1.19. The Morgan fingerprint density at radius 2 is 1.83 bits per heavy atom. The average Bonchev–Trinajstić information content (AvgIpc) is 3.76. The van der Waals surface area contributed by atoms with Crippen molar-refractivity contribution in [2.45, 2.75) is 71.1 Å². The Morgan fingerprint density at radius 1 is 1.07 bits per heavy atom. The lowest BCUT2D eigenvalue weighted by Crippen LogP contribution is -2.36. The highest BCUT2D eigenvalue weighted by molar-refractivity contribution is 5.78. The number of ether oxygens (including phenoxy) is 1. The zero-order chi connectivity index (χ0) is 29.4. The van der Waals surface area contributed by atoms with Crippen LogP contribution in [0.15, 0.2) is 54.6 Å². The van der Waals surface area contributed by atoms with Crippen LogP contribution in [0, 0.1) is 11.8 Å². The van der Waals surface area contributed by atoms with Crippen LogP contribution in [0.25, 0.3) is 22.3 Å². The van der Waals surface area contributed by atoms with E-state index in [0.717, 1.165) is 70.6 Å². The lowest BCUT2D eigenvalue weighted by Gasteiger charge is -2.27. The van der Waals surface area contributed by atoms with Gasteiger partial charge in [-0.15, -0.1) is 0 Å². The molecule has 0 radical (unpaired) electrons. The average molecular weight is 563 g/mol. The predicted molar refractivity (Wildman–Crippen MR) is 165 cm³/mol. The zero-order valence-corrected chi connectivity index (χ0v) is 24.8. The van der Waals surface area contributed by atoms with Crippen molar-refractivity contribution in [2.75, 3.05) is 13.1 Å². The number of aryl methyl sites for hydroxylation is 1. The maximum Gasteiger partial charge on any atom is 0.411 e. The molecule has 42 heavy (non-hydrogen) atoms. The molecule has 0 bridgehead atoms. The van der Waals surface area contributed by atoms with Crippen molar-refractivity contribution in [2.24, 2.45) is 0 Å². The number of imidazole rings is 2. The number of amides is 1. The number of hydrogen-bond acceptors (Lipinski definition) is 5. The largest absolute Gasteiger partial charge is 0.444 e. The van der Waals surface area contributed by atoms with Gasteiger partial charge in [0.2, 0.25) is 0 Å². The highest BCUT2D eigenvalue weighted by atomic mass is 16.6. The van der Waals surface area contributed by atoms with Gasteiger partial charge >= 0.3 is 6.09 Å². The maximum absolute atomic E-state index is 12.9. The van der Waals surface area contributed by atoms with Gasteiger partial charge in [-0.05, 0) is 88.9 Å². The molecule has 4 heterocycles. The van der Waals surface area contributed by atoms with Crippen LogP contribution in [-0.4, -0.2) is 49.6 Å². The molecule has 0 spiro atoms. The van der Waals surface area contributed by atoms with E-state index in [1.54, 1.807) is 4.90 Å². The van der Waals surface area contributed by atoms with Crippen molar-refractivity contribution in [3.8, 4) is 23.1 Å². The van der Waals surface area contributed by atoms with Gasteiger partial charge in [-0.25, -0.2) is 14.8 Å². The van der Waals surface area contributed by atoms with Gasteiger partial charge in [-0.1, -0.05) is 37.5 Å². The standard InChI is InChI=1S/C34H38N6O2/c1-6-25-29(39-31(36-25)27-8-7-18-35-27)24-14-11-22(12-15-24)9-10-23-13-16-26-28(20-23)38-32(37-26)30-21(2)17-19-40(30)33(41)42-34(3,4)5/h11-16,20,27,30,35H,2,6-8,17-19H2,1,3-5H3,(H,36,39)(H,37,38). The molecule has 2 aromatic carbocycles. The quantitative estimate of drug-likeness (QED) is 0.193. The molecule has 0 aliphatic carbocycles. The second-order valence-electron chi connectivity index (χ2n) is 12.1. The van der Waals surface area contributed by atoms with Gasteiger partial charge in [0.05, 0.1) is 22.8 Å². The number of nitrogens with one attached hydrogen (secondary N) is 3. The molecule has 216 valence electrons. The Kier molecular flexibility index (Phi) is 7.38. The van der Waals surface area contributed by atoms with E-state index in [4.69, 9.17) is 14.7 Å². The lowest BCUT2D eigenvalue weighted by molar-refractivity contribution is 0.0232. The molecular formula is C34H38N6O2. The smallest absolute Gasteiger partial charge is 0.411 e. The summed E-state index contributed by atoms with van der Waals surface area (Å²) < 4.78 is 5.63. The highest BCUT2D eigenvalue weighted by Gasteiger charge is 2.37. The molecule has 0 saturated carbocycles. The van der Waals surface area contributed by atoms with Crippen LogP contribution in [0.2, 0.25) is 0 Å². The fourth-order valence-corrected chi connectivity index (χ4v) is 5.71. The number of nitrogens with zero attached hydrogens (tertiary/aromatic N) is 3. The van der Waals surface area contributed by atoms with Gasteiger partial charge in [0.15, 0.2) is 0 Å². The van der Waals surface area contributed by atoms with Gasteiger partial charge in [0.25, 0.3) is 0 Å². The van der Waals surface area contributed by atoms with Crippen molar-refractivity contribution >= 4 is 17.1 Å². The Morgan fingerprint density at radius 3 is 2.55 bits per heavy atom. The molecule has 2 fully saturated rings. The fourth-order valence-electron chi connectivity index (χ4n) is 5.71. The Hall–Kier alpha value is -4.35. The number of fused-ring (bicyclic) bond motifs is 1. The number of rotatable bonds is 4. The zero-order valence-electron chi connectivity index (χ0n) is 24.8. The van der Waals surface area contributed by atoms with Crippen molar-refractivity contribution in [3.63, 3.8) is 0 Å². The van der Waals surface area contributed by atoms with E-state index in [1.807, 2.05) is 51.1 Å². The van der Waals surface area contributed by atoms with Gasteiger partial charge < -0.3 is 20.0 Å². The molecule has 2 unspecified atom stereocenters. The van der Waals surface area contributed by atoms with Crippen LogP contribution in [0.1, 0.15) is 87.5 Å². The number of aromatic amines is 2. The third-order valence-electron chi connectivity index (χ3n) is 7.81. The molecule has 6 rings (SSSR count). The highest BCUT2D eigenvalue weighted by Crippen LogP contribution is 2.36. The summed E-state index contributed by atoms with van der Waals surface area (Å²) in [5, 5.41) is 3.53. The summed E-state index contributed by atoms with van der Waals surface area (Å²) in [5.41, 5.74) is 7.17. The minimum Gasteiger partial charge on any atom is -0.444 e. The Bertz CT molecular complexity index is 1690. The molecule has 2 aliphatic heterocycles. The number of carbonyl (C=O) groups is 1. The van der Waals surface area contributed by atoms with E-state index in [-0.39, 0.29) is 12.1 Å². The third-order valence-corrected chi connectivity index (χ3v) is 7.81. The van der Waals surface area contributed by atoms with Crippen LogP contribution in [0.4, 0.5) is 4.79 Å². The number of carbonyl (C=O) groups excluding carboxylic acids is 1. The second-order valence-corrected chi connectivity index (χ2v) is 12.1. The summed E-state index contributed by atoms with van der Waals surface area (Å²) in [4.78, 5) is 31.3. The summed E-state index contributed by atoms with van der Waals surface area (Å²) in [7, 11) is 0. The number of H-pyrrole nitrogens is 2. The first-order valence-corrected chi connectivity index (χ1v) is 14.8. The number of hydrogen-bond donors (Lipinski definition) is 3. The first kappa shape index (κ1) is 27.8. The van der Waals surface area contributed by atoms with Gasteiger partial charge in [0.1, 0.15) is 23.3 Å². The molecule has 2 saturated heterocycles. The minimum atomic E-state index is -0.568. The number of likely N-dealkylation sites (tertiary alicyclic amines) is 1. The molecule has 8 nitrogen and oxygen atoms in total. The minimum absolute atomic E-state index is 0.318. The molecule has 8 heteroatoms. The molecule has 2 aliphatic rings. The molecular weight excluding hydrogens is 524 g/mol. The van der Waals surface area contributed by atoms with Crippen molar-refractivity contribution < 1.29 is 9.53 Å². The summed E-state index contributed by atoms with van der Waals surface area (Å²) >= 11 is 0. The molecule has 1 amide bonds. The van der Waals surface area contributed by atoms with Gasteiger partial charge in [0, 0.05) is 28.9 Å². The fraction of sp³-hybridized carbons (Fsp3) is 0.382. The first-order valence-electron chi connectivity index (χ1n) is 14.8. The summed E-state index contributed by atoms with van der Waals surface area (Å²) in [6, 6.07) is 14.2. The topological polar surface area (TPSA) is 98.9 Å². The molecule has 3 N–H and O–H groups in total. The van der Waals surface area contributed by atoms with Crippen LogP contribution >= 0.6 is 0 Å². The summed E-state index contributed by atoms with van der Waals surface area (Å²) in [6.45, 7) is 13.6. The van der Waals surface area contributed by atoms with Crippen LogP contribution in [0.3, 0.4) is 0 Å². The molecule has 2 atom stereocenters. The van der Waals surface area contributed by atoms with Gasteiger partial charge in [-0.2, -0.15) is 0 Å². The normalized spacial score (nSPS) is 18.9. The number of benzene rings is 2. The van der Waals surface area contributed by atoms with E-state index < -0.39 is 5.60 Å². The van der Waals surface area contributed by atoms with Crippen molar-refractivity contribution in [1.82, 2.24) is 30.2 Å². The summed E-state index contributed by atoms with van der Waals surface area (Å²) in [5.74, 6) is 8.30. The van der Waals surface area contributed by atoms with E-state index in [2.05, 4.69) is 52.8 Å². The van der Waals surface area contributed by atoms with Gasteiger partial charge in [-0.3, -0.25) is 4.90 Å². The molecule has 4 aromatic rings. The third kappa shape index (κ3) is 5.70. The first-order chi connectivity index (χ1) is 20.2. The van der Waals surface area contributed by atoms with Crippen LogP contribution in [0.5, 0.6) is 0 Å². The SMILES string of the molecule is C=C1CCN(C(=O)OC(C)(C)C)C1c1nc2ccc(C#Cc3ccc(-c4nc(C5CCCN5)[nH]c4CC)cc3)cc2[nH]1. The monoisotopic (exact) mass is 562 g/mol. The van der Waals surface area contributed by atoms with Crippen LogP contribution < -0.4 is 5.32 Å². The maximum atomic E-state index is 12.9. The Labute approximate surface area is 247 Å². The van der Waals surface area contributed by atoms with Crippen molar-refractivity contribution in [1.29, 1.82) is 0 Å². The van der Waals surface area contributed by atoms with Crippen molar-refractivity contribution in [3.05, 3.63) is 83.1 Å². The predicted octanol–water partition coefficient (Wildman–Crippen LogP) is 6.58. The number of aromatic nitrogens is 4. The van der Waals surface area contributed by atoms with E-state index in [1.165, 1.54) is 12.1 Å². The summed E-state index contributed by atoms with van der Waals surface area (Å²) in [6.07, 6.45) is 3.58. The van der Waals surface area contributed by atoms with Crippen LogP contribution in [-0.2, 0) is 11.2 Å². The second kappa shape index (κ2) is 11.1. The lowest BCUT2D eigenvalue weighted by atomic mass is 10.1. The molecule has 2 aromatic heterocycles. The van der Waals surface area contributed by atoms with E-state index in [9.17, 15) is 4.79 Å². The van der Waals surface area contributed by atoms with E-state index >= 15 is 0 Å².